The highest BCUT2D eigenvalue weighted by Gasteiger charge is 2.33. The van der Waals surface area contributed by atoms with E-state index in [9.17, 15) is 14.7 Å². The maximum Gasteiger partial charge on any atom is 0.255 e. The van der Waals surface area contributed by atoms with Gasteiger partial charge in [0.25, 0.3) is 5.91 Å². The van der Waals surface area contributed by atoms with E-state index in [-0.39, 0.29) is 35.1 Å². The number of carbonyl (C=O) groups excluding carboxylic acids is 2. The zero-order chi connectivity index (χ0) is 14.9. The Kier molecular flexibility index (Phi) is 4.32. The molecule has 0 saturated heterocycles. The molecule has 5 nitrogen and oxygen atoms in total. The highest BCUT2D eigenvalue weighted by molar-refractivity contribution is 9.10. The molecule has 6 heteroatoms. The lowest BCUT2D eigenvalue weighted by Crippen LogP contribution is -2.42. The highest BCUT2D eigenvalue weighted by atomic mass is 79.9. The zero-order valence-corrected chi connectivity index (χ0v) is 12.7. The Morgan fingerprint density at radius 3 is 2.75 bits per heavy atom. The van der Waals surface area contributed by atoms with Gasteiger partial charge in [0, 0.05) is 6.04 Å². The summed E-state index contributed by atoms with van der Waals surface area (Å²) >= 11 is 3.21. The molecule has 0 aliphatic heterocycles. The van der Waals surface area contributed by atoms with Crippen LogP contribution in [0.5, 0.6) is 5.75 Å². The Balaban J connectivity index is 2.18. The lowest BCUT2D eigenvalue weighted by molar-refractivity contribution is -0.122. The molecular weight excluding hydrogens is 324 g/mol. The molecule has 1 fully saturated rings. The predicted octanol–water partition coefficient (Wildman–Crippen LogP) is 1.85. The molecule has 2 unspecified atom stereocenters. The van der Waals surface area contributed by atoms with Crippen molar-refractivity contribution in [2.24, 2.45) is 11.7 Å². The second-order valence-electron chi connectivity index (χ2n) is 5.16. The van der Waals surface area contributed by atoms with Gasteiger partial charge in [0.05, 0.1) is 16.0 Å². The summed E-state index contributed by atoms with van der Waals surface area (Å²) < 4.78 is 0.473. The first-order valence-corrected chi connectivity index (χ1v) is 7.28. The lowest BCUT2D eigenvalue weighted by Gasteiger charge is -2.19. The summed E-state index contributed by atoms with van der Waals surface area (Å²) in [7, 11) is 0. The number of hydrogen-bond acceptors (Lipinski definition) is 3. The van der Waals surface area contributed by atoms with Crippen LogP contribution in [0, 0.1) is 12.8 Å². The first-order valence-electron chi connectivity index (χ1n) is 6.49. The number of nitrogens with one attached hydrogen (secondary N) is 1. The largest absolute Gasteiger partial charge is 0.506 e. The first-order chi connectivity index (χ1) is 9.40. The smallest absolute Gasteiger partial charge is 0.255 e. The minimum atomic E-state index is -0.387. The molecule has 1 aromatic carbocycles. The molecule has 1 saturated carbocycles. The molecule has 4 N–H and O–H groups in total. The molecule has 20 heavy (non-hydrogen) atoms. The Morgan fingerprint density at radius 2 is 2.10 bits per heavy atom. The van der Waals surface area contributed by atoms with Crippen LogP contribution in [0.15, 0.2) is 16.6 Å². The number of amides is 2. The number of carbonyl (C=O) groups is 2. The molecule has 0 radical (unpaired) electrons. The van der Waals surface area contributed by atoms with Crippen molar-refractivity contribution < 1.29 is 14.7 Å². The van der Waals surface area contributed by atoms with Crippen LogP contribution in [0.1, 0.15) is 35.2 Å². The number of halogens is 1. The van der Waals surface area contributed by atoms with Crippen molar-refractivity contribution in [1.29, 1.82) is 0 Å². The third-order valence-corrected chi connectivity index (χ3v) is 4.25. The van der Waals surface area contributed by atoms with Gasteiger partial charge in [-0.15, -0.1) is 0 Å². The van der Waals surface area contributed by atoms with Crippen molar-refractivity contribution in [1.82, 2.24) is 5.32 Å². The monoisotopic (exact) mass is 340 g/mol. The third-order valence-electron chi connectivity index (χ3n) is 3.65. The van der Waals surface area contributed by atoms with Crippen LogP contribution in [0.3, 0.4) is 0 Å². The van der Waals surface area contributed by atoms with Crippen molar-refractivity contribution in [3.05, 3.63) is 27.7 Å². The van der Waals surface area contributed by atoms with Crippen LogP contribution in [-0.4, -0.2) is 23.0 Å². The summed E-state index contributed by atoms with van der Waals surface area (Å²) in [4.78, 5) is 23.6. The van der Waals surface area contributed by atoms with Gasteiger partial charge in [-0.05, 0) is 53.4 Å². The summed E-state index contributed by atoms with van der Waals surface area (Å²) in [5.41, 5.74) is 6.39. The molecular formula is C14H17BrN2O3. The average Bonchev–Trinajstić information content (AvgIpc) is 2.81. The van der Waals surface area contributed by atoms with Crippen LogP contribution < -0.4 is 11.1 Å². The summed E-state index contributed by atoms with van der Waals surface area (Å²) in [5, 5.41) is 12.7. The fourth-order valence-electron chi connectivity index (χ4n) is 2.63. The second-order valence-corrected chi connectivity index (χ2v) is 6.02. The Labute approximate surface area is 125 Å². The van der Waals surface area contributed by atoms with Gasteiger partial charge in [-0.2, -0.15) is 0 Å². The van der Waals surface area contributed by atoms with Crippen LogP contribution >= 0.6 is 15.9 Å². The number of rotatable bonds is 3. The standard InChI is InChI=1S/C14H17BrN2O3/c1-7-5-9(12(18)10(15)6-7)14(20)17-11-4-2-3-8(11)13(16)19/h5-6,8,11,18H,2-4H2,1H3,(H2,16,19)(H,17,20). The minimum Gasteiger partial charge on any atom is -0.506 e. The van der Waals surface area contributed by atoms with Gasteiger partial charge in [-0.1, -0.05) is 6.42 Å². The minimum absolute atomic E-state index is 0.0956. The topological polar surface area (TPSA) is 92.4 Å². The summed E-state index contributed by atoms with van der Waals surface area (Å²) in [6.07, 6.45) is 2.29. The number of aromatic hydroxyl groups is 1. The van der Waals surface area contributed by atoms with E-state index in [4.69, 9.17) is 5.73 Å². The van der Waals surface area contributed by atoms with Crippen LogP contribution in [-0.2, 0) is 4.79 Å². The number of primary amides is 1. The van der Waals surface area contributed by atoms with Gasteiger partial charge < -0.3 is 16.2 Å². The van der Waals surface area contributed by atoms with E-state index >= 15 is 0 Å². The van der Waals surface area contributed by atoms with E-state index in [1.165, 1.54) is 0 Å². The number of benzene rings is 1. The fraction of sp³-hybridized carbons (Fsp3) is 0.429. The van der Waals surface area contributed by atoms with Crippen molar-refractivity contribution in [2.45, 2.75) is 32.2 Å². The highest BCUT2D eigenvalue weighted by Crippen LogP contribution is 2.30. The van der Waals surface area contributed by atoms with Gasteiger partial charge in [-0.3, -0.25) is 9.59 Å². The van der Waals surface area contributed by atoms with Gasteiger partial charge in [0.2, 0.25) is 5.91 Å². The van der Waals surface area contributed by atoms with Crippen LogP contribution in [0.4, 0.5) is 0 Å². The Morgan fingerprint density at radius 1 is 1.40 bits per heavy atom. The van der Waals surface area contributed by atoms with E-state index in [1.54, 1.807) is 12.1 Å². The van der Waals surface area contributed by atoms with Gasteiger partial charge in [-0.25, -0.2) is 0 Å². The molecule has 1 aliphatic carbocycles. The van der Waals surface area contributed by atoms with Crippen molar-refractivity contribution in [2.75, 3.05) is 0 Å². The van der Waals surface area contributed by atoms with Crippen molar-refractivity contribution in [3.63, 3.8) is 0 Å². The molecule has 0 spiro atoms. The van der Waals surface area contributed by atoms with Crippen LogP contribution in [0.25, 0.3) is 0 Å². The molecule has 0 aromatic heterocycles. The number of nitrogens with two attached hydrogens (primary N) is 1. The first kappa shape index (κ1) is 14.8. The van der Waals surface area contributed by atoms with E-state index in [1.807, 2.05) is 6.92 Å². The van der Waals surface area contributed by atoms with Gasteiger partial charge in [0.15, 0.2) is 0 Å². The average molecular weight is 341 g/mol. The zero-order valence-electron chi connectivity index (χ0n) is 11.1. The summed E-state index contributed by atoms with van der Waals surface area (Å²) in [6, 6.07) is 3.09. The lowest BCUT2D eigenvalue weighted by atomic mass is 10.0. The van der Waals surface area contributed by atoms with E-state index in [0.29, 0.717) is 10.9 Å². The SMILES string of the molecule is Cc1cc(Br)c(O)c(C(=O)NC2CCCC2C(N)=O)c1. The molecule has 108 valence electrons. The second kappa shape index (κ2) is 5.83. The number of aryl methyl sites for hydroxylation is 1. The Hall–Kier alpha value is -1.56. The normalized spacial score (nSPS) is 21.7. The van der Waals surface area contributed by atoms with E-state index in [0.717, 1.165) is 18.4 Å². The summed E-state index contributed by atoms with van der Waals surface area (Å²) in [6.45, 7) is 1.84. The predicted molar refractivity (Wildman–Crippen MR) is 78.3 cm³/mol. The number of phenols is 1. The van der Waals surface area contributed by atoms with Gasteiger partial charge >= 0.3 is 0 Å². The quantitative estimate of drug-likeness (QED) is 0.783. The molecule has 1 aromatic rings. The number of phenolic OH excluding ortho intramolecular Hbond substituents is 1. The van der Waals surface area contributed by atoms with E-state index in [2.05, 4.69) is 21.2 Å². The van der Waals surface area contributed by atoms with Crippen molar-refractivity contribution >= 4 is 27.7 Å². The fourth-order valence-corrected chi connectivity index (χ4v) is 3.20. The molecule has 2 rings (SSSR count). The maximum atomic E-state index is 12.3. The maximum absolute atomic E-state index is 12.3. The van der Waals surface area contributed by atoms with Crippen LogP contribution in [0.2, 0.25) is 0 Å². The van der Waals surface area contributed by atoms with E-state index < -0.39 is 0 Å². The third kappa shape index (κ3) is 2.95. The number of hydrogen-bond donors (Lipinski definition) is 3. The molecule has 2 atom stereocenters. The Bertz CT molecular complexity index is 560. The molecule has 2 amide bonds. The van der Waals surface area contributed by atoms with Gasteiger partial charge in [0.1, 0.15) is 5.75 Å². The van der Waals surface area contributed by atoms with Crippen molar-refractivity contribution in [3.8, 4) is 5.75 Å². The molecule has 1 aliphatic rings. The molecule has 0 bridgehead atoms. The molecule has 0 heterocycles. The summed E-state index contributed by atoms with van der Waals surface area (Å²) in [5.74, 6) is -1.19.